The maximum absolute atomic E-state index is 12.3. The smallest absolute Gasteiger partial charge is 0.282 e. The van der Waals surface area contributed by atoms with Crippen molar-refractivity contribution in [2.75, 3.05) is 0 Å². The molecule has 16 heavy (non-hydrogen) atoms. The quantitative estimate of drug-likeness (QED) is 0.837. The van der Waals surface area contributed by atoms with E-state index < -0.39 is 11.9 Å². The van der Waals surface area contributed by atoms with E-state index in [4.69, 9.17) is 0 Å². The first kappa shape index (κ1) is 10.7. The number of rotatable bonds is 2. The van der Waals surface area contributed by atoms with Crippen LogP contribution in [0.3, 0.4) is 0 Å². The zero-order chi connectivity index (χ0) is 11.6. The SMILES string of the molecule is FC(F)(F)c1cc(Cc2ccccc2)[nH]n1. The predicted octanol–water partition coefficient (Wildman–Crippen LogP) is 3.02. The Morgan fingerprint density at radius 3 is 2.38 bits per heavy atom. The van der Waals surface area contributed by atoms with E-state index >= 15 is 0 Å². The molecule has 0 radical (unpaired) electrons. The van der Waals surface area contributed by atoms with Crippen molar-refractivity contribution in [1.29, 1.82) is 0 Å². The number of nitrogens with zero attached hydrogens (tertiary/aromatic N) is 1. The molecule has 1 aromatic heterocycles. The second kappa shape index (κ2) is 4.00. The summed E-state index contributed by atoms with van der Waals surface area (Å²) in [5.41, 5.74) is 0.525. The standard InChI is InChI=1S/C11H9F3N2/c12-11(13,14)10-7-9(15-16-10)6-8-4-2-1-3-5-8/h1-5,7H,6H2,(H,15,16). The van der Waals surface area contributed by atoms with Gasteiger partial charge >= 0.3 is 6.18 Å². The average Bonchev–Trinajstić information content (AvgIpc) is 2.67. The van der Waals surface area contributed by atoms with E-state index in [1.807, 2.05) is 30.3 Å². The fourth-order valence-electron chi connectivity index (χ4n) is 1.41. The van der Waals surface area contributed by atoms with Gasteiger partial charge in [0.2, 0.25) is 0 Å². The molecule has 0 amide bonds. The molecule has 1 N–H and O–H groups in total. The van der Waals surface area contributed by atoms with Crippen LogP contribution in [0.15, 0.2) is 36.4 Å². The highest BCUT2D eigenvalue weighted by Gasteiger charge is 2.33. The zero-order valence-corrected chi connectivity index (χ0v) is 8.25. The fraction of sp³-hybridized carbons (Fsp3) is 0.182. The minimum atomic E-state index is -4.38. The summed E-state index contributed by atoms with van der Waals surface area (Å²) >= 11 is 0. The number of benzene rings is 1. The van der Waals surface area contributed by atoms with E-state index in [1.54, 1.807) is 0 Å². The van der Waals surface area contributed by atoms with Crippen LogP contribution in [0.5, 0.6) is 0 Å². The molecule has 0 atom stereocenters. The van der Waals surface area contributed by atoms with Crippen LogP contribution in [0, 0.1) is 0 Å². The third-order valence-electron chi connectivity index (χ3n) is 2.16. The van der Waals surface area contributed by atoms with E-state index in [1.165, 1.54) is 0 Å². The third kappa shape index (κ3) is 2.42. The summed E-state index contributed by atoms with van der Waals surface area (Å²) in [5, 5.41) is 5.62. The zero-order valence-electron chi connectivity index (χ0n) is 8.25. The van der Waals surface area contributed by atoms with Crippen molar-refractivity contribution >= 4 is 0 Å². The van der Waals surface area contributed by atoms with E-state index in [-0.39, 0.29) is 0 Å². The van der Waals surface area contributed by atoms with Gasteiger partial charge in [0, 0.05) is 12.1 Å². The van der Waals surface area contributed by atoms with Crippen molar-refractivity contribution < 1.29 is 13.2 Å². The average molecular weight is 226 g/mol. The fourth-order valence-corrected chi connectivity index (χ4v) is 1.41. The Kier molecular flexibility index (Phi) is 2.68. The molecule has 2 aromatic rings. The second-order valence-corrected chi connectivity index (χ2v) is 3.44. The first-order valence-corrected chi connectivity index (χ1v) is 4.71. The molecule has 2 nitrogen and oxygen atoms in total. The van der Waals surface area contributed by atoms with Crippen molar-refractivity contribution in [1.82, 2.24) is 10.2 Å². The molecule has 0 bridgehead atoms. The highest BCUT2D eigenvalue weighted by Crippen LogP contribution is 2.28. The number of aromatic amines is 1. The summed E-state index contributed by atoms with van der Waals surface area (Å²) in [6, 6.07) is 10.3. The summed E-state index contributed by atoms with van der Waals surface area (Å²) in [5.74, 6) is 0. The van der Waals surface area contributed by atoms with Gasteiger partial charge in [-0.1, -0.05) is 30.3 Å². The lowest BCUT2D eigenvalue weighted by molar-refractivity contribution is -0.141. The summed E-state index contributed by atoms with van der Waals surface area (Å²) in [7, 11) is 0. The highest BCUT2D eigenvalue weighted by atomic mass is 19.4. The van der Waals surface area contributed by atoms with Crippen LogP contribution in [-0.2, 0) is 12.6 Å². The molecule has 1 heterocycles. The van der Waals surface area contributed by atoms with Gasteiger partial charge in [0.1, 0.15) is 0 Å². The Balaban J connectivity index is 2.15. The molecule has 0 fully saturated rings. The predicted molar refractivity (Wildman–Crippen MR) is 52.8 cm³/mol. The molecule has 0 unspecified atom stereocenters. The monoisotopic (exact) mass is 226 g/mol. The van der Waals surface area contributed by atoms with Crippen molar-refractivity contribution in [3.63, 3.8) is 0 Å². The summed E-state index contributed by atoms with van der Waals surface area (Å²) in [6.45, 7) is 0. The van der Waals surface area contributed by atoms with Gasteiger partial charge < -0.3 is 0 Å². The second-order valence-electron chi connectivity index (χ2n) is 3.44. The van der Waals surface area contributed by atoms with Crippen molar-refractivity contribution in [2.24, 2.45) is 0 Å². The normalized spacial score (nSPS) is 11.7. The van der Waals surface area contributed by atoms with Crippen LogP contribution in [0.4, 0.5) is 13.2 Å². The first-order chi connectivity index (χ1) is 7.55. The minimum Gasteiger partial charge on any atom is -0.282 e. The van der Waals surface area contributed by atoms with E-state index in [2.05, 4.69) is 10.2 Å². The maximum Gasteiger partial charge on any atom is 0.435 e. The van der Waals surface area contributed by atoms with Gasteiger partial charge in [0.15, 0.2) is 5.69 Å². The minimum absolute atomic E-state index is 0.421. The molecule has 84 valence electrons. The number of aromatic nitrogens is 2. The lowest BCUT2D eigenvalue weighted by Gasteiger charge is -1.99. The van der Waals surface area contributed by atoms with Crippen LogP contribution >= 0.6 is 0 Å². The first-order valence-electron chi connectivity index (χ1n) is 4.71. The topological polar surface area (TPSA) is 28.7 Å². The molecule has 0 saturated heterocycles. The van der Waals surface area contributed by atoms with Crippen molar-refractivity contribution in [3.05, 3.63) is 53.3 Å². The molecule has 1 aromatic carbocycles. The van der Waals surface area contributed by atoms with Gasteiger partial charge in [0.05, 0.1) is 0 Å². The number of H-pyrrole nitrogens is 1. The molecular formula is C11H9F3N2. The number of hydrogen-bond acceptors (Lipinski definition) is 1. The summed E-state index contributed by atoms with van der Waals surface area (Å²) in [6.07, 6.45) is -3.96. The van der Waals surface area contributed by atoms with E-state index in [0.29, 0.717) is 12.1 Å². The number of hydrogen-bond donors (Lipinski definition) is 1. The maximum atomic E-state index is 12.3. The van der Waals surface area contributed by atoms with E-state index in [0.717, 1.165) is 11.6 Å². The number of alkyl halides is 3. The highest BCUT2D eigenvalue weighted by molar-refractivity contribution is 5.22. The van der Waals surface area contributed by atoms with Crippen LogP contribution in [0.2, 0.25) is 0 Å². The van der Waals surface area contributed by atoms with Gasteiger partial charge in [-0.05, 0) is 11.6 Å². The molecule has 0 aliphatic rings. The van der Waals surface area contributed by atoms with Gasteiger partial charge in [-0.15, -0.1) is 0 Å². The van der Waals surface area contributed by atoms with Gasteiger partial charge in [-0.25, -0.2) is 0 Å². The van der Waals surface area contributed by atoms with Gasteiger partial charge in [-0.2, -0.15) is 18.3 Å². The van der Waals surface area contributed by atoms with Crippen molar-refractivity contribution in [3.8, 4) is 0 Å². The van der Waals surface area contributed by atoms with Crippen LogP contribution in [-0.4, -0.2) is 10.2 Å². The molecule has 0 saturated carbocycles. The Morgan fingerprint density at radius 2 is 1.81 bits per heavy atom. The molecule has 0 aliphatic heterocycles. The van der Waals surface area contributed by atoms with Crippen LogP contribution < -0.4 is 0 Å². The lowest BCUT2D eigenvalue weighted by Crippen LogP contribution is -2.04. The molecule has 0 aliphatic carbocycles. The largest absolute Gasteiger partial charge is 0.435 e. The Labute approximate surface area is 90.1 Å². The third-order valence-corrected chi connectivity index (χ3v) is 2.16. The molecule has 2 rings (SSSR count). The molecular weight excluding hydrogens is 217 g/mol. The number of nitrogens with one attached hydrogen (secondary N) is 1. The Bertz CT molecular complexity index is 460. The summed E-state index contributed by atoms with van der Waals surface area (Å²) in [4.78, 5) is 0. The van der Waals surface area contributed by atoms with Crippen molar-refractivity contribution in [2.45, 2.75) is 12.6 Å². The lowest BCUT2D eigenvalue weighted by atomic mass is 10.1. The molecule has 5 heteroatoms. The van der Waals surface area contributed by atoms with Gasteiger partial charge in [-0.3, -0.25) is 5.10 Å². The Morgan fingerprint density at radius 1 is 1.12 bits per heavy atom. The Hall–Kier alpha value is -1.78. The van der Waals surface area contributed by atoms with Crippen LogP contribution in [0.1, 0.15) is 17.0 Å². The van der Waals surface area contributed by atoms with Gasteiger partial charge in [0.25, 0.3) is 0 Å². The summed E-state index contributed by atoms with van der Waals surface area (Å²) < 4.78 is 36.8. The van der Waals surface area contributed by atoms with Crippen LogP contribution in [0.25, 0.3) is 0 Å². The molecule has 0 spiro atoms. The number of halogens is 3. The van der Waals surface area contributed by atoms with E-state index in [9.17, 15) is 13.2 Å².